The Morgan fingerprint density at radius 1 is 1.38 bits per heavy atom. The number of carbonyl (C=O) groups is 1. The van der Waals surface area contributed by atoms with Crippen molar-refractivity contribution in [2.24, 2.45) is 11.3 Å². The molecule has 2 nitrogen and oxygen atoms in total. The molecule has 0 saturated heterocycles. The van der Waals surface area contributed by atoms with Crippen molar-refractivity contribution < 1.29 is 9.90 Å². The second-order valence-corrected chi connectivity index (χ2v) is 5.70. The molecule has 2 atom stereocenters. The third-order valence-electron chi connectivity index (χ3n) is 3.57. The fraction of sp³-hybridized carbons (Fsp3) is 0.462. The molecule has 0 aliphatic heterocycles. The number of hydrogen-bond acceptors (Lipinski definition) is 2. The first-order chi connectivity index (χ1) is 7.50. The van der Waals surface area contributed by atoms with Gasteiger partial charge in [-0.25, -0.2) is 0 Å². The Morgan fingerprint density at radius 3 is 2.50 bits per heavy atom. The van der Waals surface area contributed by atoms with Crippen LogP contribution in [0.2, 0.25) is 0 Å². The maximum atomic E-state index is 11.2. The molecule has 0 aromatic heterocycles. The van der Waals surface area contributed by atoms with Crippen molar-refractivity contribution >= 4 is 17.7 Å². The summed E-state index contributed by atoms with van der Waals surface area (Å²) < 4.78 is 0. The maximum absolute atomic E-state index is 11.2. The first-order valence-electron chi connectivity index (χ1n) is 5.36. The predicted octanol–water partition coefficient (Wildman–Crippen LogP) is 3.23. The Morgan fingerprint density at radius 2 is 2.00 bits per heavy atom. The highest BCUT2D eigenvalue weighted by molar-refractivity contribution is 7.98. The van der Waals surface area contributed by atoms with Gasteiger partial charge in [0.25, 0.3) is 0 Å². The van der Waals surface area contributed by atoms with Crippen LogP contribution in [0.25, 0.3) is 0 Å². The lowest BCUT2D eigenvalue weighted by Gasteiger charge is -2.07. The van der Waals surface area contributed by atoms with Crippen LogP contribution in [-0.4, -0.2) is 17.3 Å². The molecule has 1 aromatic rings. The Balaban J connectivity index is 2.37. The normalized spacial score (nSPS) is 26.4. The second kappa shape index (κ2) is 3.81. The number of benzene rings is 1. The van der Waals surface area contributed by atoms with Gasteiger partial charge in [-0.15, -0.1) is 11.8 Å². The van der Waals surface area contributed by atoms with Crippen molar-refractivity contribution in [1.29, 1.82) is 0 Å². The third kappa shape index (κ3) is 1.63. The van der Waals surface area contributed by atoms with E-state index < -0.39 is 5.97 Å². The molecule has 1 aliphatic rings. The molecule has 1 aliphatic carbocycles. The van der Waals surface area contributed by atoms with Crippen LogP contribution in [0.15, 0.2) is 29.2 Å². The highest BCUT2D eigenvalue weighted by Crippen LogP contribution is 2.65. The molecule has 0 amide bonds. The minimum absolute atomic E-state index is 0.113. The van der Waals surface area contributed by atoms with Crippen LogP contribution < -0.4 is 0 Å². The Labute approximate surface area is 100 Å². The molecule has 2 rings (SSSR count). The molecule has 0 unspecified atom stereocenters. The highest BCUT2D eigenvalue weighted by Gasteiger charge is 2.63. The molecule has 0 radical (unpaired) electrons. The van der Waals surface area contributed by atoms with Crippen molar-refractivity contribution in [2.45, 2.75) is 24.7 Å². The topological polar surface area (TPSA) is 37.3 Å². The number of carboxylic acid groups (broad SMARTS) is 1. The van der Waals surface area contributed by atoms with E-state index in [2.05, 4.69) is 12.1 Å². The summed E-state index contributed by atoms with van der Waals surface area (Å²) in [5.41, 5.74) is 1.07. The van der Waals surface area contributed by atoms with Gasteiger partial charge in [-0.3, -0.25) is 4.79 Å². The summed E-state index contributed by atoms with van der Waals surface area (Å²) in [4.78, 5) is 12.4. The fourth-order valence-electron chi connectivity index (χ4n) is 2.60. The van der Waals surface area contributed by atoms with Gasteiger partial charge in [0, 0.05) is 10.8 Å². The molecule has 0 heterocycles. The number of hydrogen-bond donors (Lipinski definition) is 1. The van der Waals surface area contributed by atoms with Gasteiger partial charge >= 0.3 is 5.97 Å². The first-order valence-corrected chi connectivity index (χ1v) is 6.58. The minimum atomic E-state index is -0.675. The first kappa shape index (κ1) is 11.5. The Hall–Kier alpha value is -0.960. The molecule has 1 saturated carbocycles. The molecule has 86 valence electrons. The minimum Gasteiger partial charge on any atom is -0.481 e. The zero-order chi connectivity index (χ0) is 11.9. The molecule has 1 fully saturated rings. The monoisotopic (exact) mass is 236 g/mol. The lowest BCUT2D eigenvalue weighted by atomic mass is 10.0. The largest absolute Gasteiger partial charge is 0.481 e. The van der Waals surface area contributed by atoms with Crippen LogP contribution >= 0.6 is 11.8 Å². The summed E-state index contributed by atoms with van der Waals surface area (Å²) in [6, 6.07) is 8.11. The zero-order valence-electron chi connectivity index (χ0n) is 9.73. The summed E-state index contributed by atoms with van der Waals surface area (Å²) in [5, 5.41) is 9.18. The smallest absolute Gasteiger partial charge is 0.307 e. The Kier molecular flexibility index (Phi) is 2.74. The van der Waals surface area contributed by atoms with Crippen LogP contribution in [0.1, 0.15) is 25.3 Å². The average Bonchev–Trinajstić information content (AvgIpc) is 2.81. The van der Waals surface area contributed by atoms with E-state index in [-0.39, 0.29) is 17.3 Å². The van der Waals surface area contributed by atoms with E-state index in [0.717, 1.165) is 0 Å². The number of carboxylic acids is 1. The highest BCUT2D eigenvalue weighted by atomic mass is 32.2. The van der Waals surface area contributed by atoms with Crippen LogP contribution in [-0.2, 0) is 4.79 Å². The summed E-state index contributed by atoms with van der Waals surface area (Å²) >= 11 is 1.69. The lowest BCUT2D eigenvalue weighted by molar-refractivity contribution is -0.139. The van der Waals surface area contributed by atoms with Gasteiger partial charge in [0.05, 0.1) is 5.92 Å². The van der Waals surface area contributed by atoms with Gasteiger partial charge in [0.15, 0.2) is 0 Å². The number of aliphatic carboxylic acids is 1. The molecule has 16 heavy (non-hydrogen) atoms. The van der Waals surface area contributed by atoms with E-state index in [9.17, 15) is 9.90 Å². The second-order valence-electron chi connectivity index (χ2n) is 4.86. The molecule has 1 aromatic carbocycles. The van der Waals surface area contributed by atoms with E-state index in [4.69, 9.17) is 0 Å². The number of rotatable bonds is 3. The van der Waals surface area contributed by atoms with E-state index in [1.165, 1.54) is 10.5 Å². The van der Waals surface area contributed by atoms with E-state index in [1.54, 1.807) is 11.8 Å². The van der Waals surface area contributed by atoms with Crippen molar-refractivity contribution in [3.63, 3.8) is 0 Å². The zero-order valence-corrected chi connectivity index (χ0v) is 10.5. The van der Waals surface area contributed by atoms with Crippen molar-refractivity contribution in [3.8, 4) is 0 Å². The molecular formula is C13H16O2S. The lowest BCUT2D eigenvalue weighted by Crippen LogP contribution is -2.03. The van der Waals surface area contributed by atoms with Crippen molar-refractivity contribution in [3.05, 3.63) is 29.8 Å². The van der Waals surface area contributed by atoms with Crippen molar-refractivity contribution in [1.82, 2.24) is 0 Å². The van der Waals surface area contributed by atoms with Gasteiger partial charge < -0.3 is 5.11 Å². The van der Waals surface area contributed by atoms with Crippen LogP contribution in [0.4, 0.5) is 0 Å². The van der Waals surface area contributed by atoms with Gasteiger partial charge in [0.1, 0.15) is 0 Å². The molecule has 3 heteroatoms. The SMILES string of the molecule is CSc1ccccc1[C@@H]1[C@@H](C(=O)O)C1(C)C. The van der Waals surface area contributed by atoms with E-state index in [1.807, 2.05) is 32.2 Å². The van der Waals surface area contributed by atoms with Crippen LogP contribution in [0.3, 0.4) is 0 Å². The quantitative estimate of drug-likeness (QED) is 0.819. The summed E-state index contributed by atoms with van der Waals surface area (Å²) in [6.45, 7) is 4.07. The molecular weight excluding hydrogens is 220 g/mol. The van der Waals surface area contributed by atoms with Gasteiger partial charge in [-0.1, -0.05) is 32.0 Å². The summed E-state index contributed by atoms with van der Waals surface area (Å²) in [5.74, 6) is -0.750. The number of thioether (sulfide) groups is 1. The van der Waals surface area contributed by atoms with Crippen LogP contribution in [0, 0.1) is 11.3 Å². The fourth-order valence-corrected chi connectivity index (χ4v) is 3.25. The van der Waals surface area contributed by atoms with E-state index in [0.29, 0.717) is 0 Å². The van der Waals surface area contributed by atoms with Gasteiger partial charge in [-0.2, -0.15) is 0 Å². The molecule has 1 N–H and O–H groups in total. The molecule has 0 bridgehead atoms. The third-order valence-corrected chi connectivity index (χ3v) is 4.38. The standard InChI is InChI=1S/C13H16O2S/c1-13(2)10(11(13)12(14)15)8-6-4-5-7-9(8)16-3/h4-7,10-11H,1-3H3,(H,14,15)/t10-,11+/m1/s1. The average molecular weight is 236 g/mol. The van der Waals surface area contributed by atoms with Gasteiger partial charge in [-0.05, 0) is 23.3 Å². The van der Waals surface area contributed by atoms with Gasteiger partial charge in [0.2, 0.25) is 0 Å². The maximum Gasteiger partial charge on any atom is 0.307 e. The van der Waals surface area contributed by atoms with Crippen LogP contribution in [0.5, 0.6) is 0 Å². The summed E-state index contributed by atoms with van der Waals surface area (Å²) in [7, 11) is 0. The Bertz CT molecular complexity index is 426. The molecule has 0 spiro atoms. The van der Waals surface area contributed by atoms with Crippen molar-refractivity contribution in [2.75, 3.05) is 6.26 Å². The summed E-state index contributed by atoms with van der Waals surface area (Å²) in [6.07, 6.45) is 2.03. The predicted molar refractivity (Wildman–Crippen MR) is 65.9 cm³/mol. The van der Waals surface area contributed by atoms with E-state index >= 15 is 0 Å².